The van der Waals surface area contributed by atoms with Gasteiger partial charge >= 0.3 is 0 Å². The Balaban J connectivity index is 1.35. The van der Waals surface area contributed by atoms with E-state index in [9.17, 15) is 14.9 Å². The molecule has 2 aliphatic carbocycles. The van der Waals surface area contributed by atoms with Crippen molar-refractivity contribution < 1.29 is 9.72 Å². The van der Waals surface area contributed by atoms with E-state index in [1.165, 1.54) is 25.7 Å². The highest BCUT2D eigenvalue weighted by atomic mass is 16.6. The molecule has 1 amide bonds. The number of hydrogen-bond acceptors (Lipinski definition) is 4. The van der Waals surface area contributed by atoms with Gasteiger partial charge in [-0.2, -0.15) is 0 Å². The molecule has 3 aliphatic rings. The molecule has 2 saturated carbocycles. The minimum Gasteiger partial charge on any atom is -0.366 e. The molecule has 0 aromatic heterocycles. The number of benzene rings is 1. The second kappa shape index (κ2) is 6.65. The predicted octanol–water partition coefficient (Wildman–Crippen LogP) is 3.12. The van der Waals surface area contributed by atoms with Gasteiger partial charge in [-0.25, -0.2) is 0 Å². The van der Waals surface area contributed by atoms with E-state index < -0.39 is 0 Å². The minimum atomic E-state index is -0.329. The van der Waals surface area contributed by atoms with E-state index >= 15 is 0 Å². The fraction of sp³-hybridized carbons (Fsp3) is 0.632. The van der Waals surface area contributed by atoms with E-state index in [-0.39, 0.29) is 22.4 Å². The molecular formula is C19H25N3O3. The van der Waals surface area contributed by atoms with E-state index in [0.29, 0.717) is 36.7 Å². The van der Waals surface area contributed by atoms with Crippen molar-refractivity contribution in [3.8, 4) is 0 Å². The van der Waals surface area contributed by atoms with Crippen molar-refractivity contribution >= 4 is 17.3 Å². The minimum absolute atomic E-state index is 0.0408. The molecule has 1 heterocycles. The summed E-state index contributed by atoms with van der Waals surface area (Å²) in [5.41, 5.74) is 0.813. The van der Waals surface area contributed by atoms with Crippen LogP contribution in [0.3, 0.4) is 0 Å². The Kier molecular flexibility index (Phi) is 4.36. The van der Waals surface area contributed by atoms with Gasteiger partial charge in [0.25, 0.3) is 5.69 Å². The van der Waals surface area contributed by atoms with Crippen LogP contribution in [0.5, 0.6) is 0 Å². The third-order valence-corrected chi connectivity index (χ3v) is 5.85. The van der Waals surface area contributed by atoms with Crippen molar-refractivity contribution in [2.45, 2.75) is 44.6 Å². The molecule has 1 aromatic rings. The van der Waals surface area contributed by atoms with Gasteiger partial charge in [0.2, 0.25) is 5.91 Å². The zero-order valence-electron chi connectivity index (χ0n) is 14.4. The third kappa shape index (κ3) is 3.62. The number of piperidine rings is 1. The molecule has 1 aliphatic heterocycles. The molecule has 0 spiro atoms. The summed E-state index contributed by atoms with van der Waals surface area (Å²) in [4.78, 5) is 25.6. The summed E-state index contributed by atoms with van der Waals surface area (Å²) >= 11 is 0. The van der Waals surface area contributed by atoms with Crippen molar-refractivity contribution in [3.63, 3.8) is 0 Å². The smallest absolute Gasteiger partial charge is 0.292 e. The number of anilines is 1. The quantitative estimate of drug-likeness (QED) is 0.636. The first-order valence-corrected chi connectivity index (χ1v) is 9.42. The maximum absolute atomic E-state index is 12.7. The molecule has 1 saturated heterocycles. The number of nitrogens with one attached hydrogen (secondary N) is 1. The Morgan fingerprint density at radius 1 is 1.08 bits per heavy atom. The van der Waals surface area contributed by atoms with Crippen LogP contribution in [0.15, 0.2) is 24.3 Å². The van der Waals surface area contributed by atoms with Crippen LogP contribution >= 0.6 is 0 Å². The second-order valence-corrected chi connectivity index (χ2v) is 7.72. The van der Waals surface area contributed by atoms with Crippen molar-refractivity contribution in [2.75, 3.05) is 18.0 Å². The van der Waals surface area contributed by atoms with Gasteiger partial charge in [-0.15, -0.1) is 0 Å². The number of rotatable bonds is 6. The number of nitro benzene ring substituents is 1. The zero-order valence-corrected chi connectivity index (χ0v) is 14.4. The van der Waals surface area contributed by atoms with Crippen LogP contribution in [0.2, 0.25) is 0 Å². The van der Waals surface area contributed by atoms with Crippen LogP contribution < -0.4 is 10.2 Å². The Morgan fingerprint density at radius 2 is 1.68 bits per heavy atom. The molecule has 4 rings (SSSR count). The van der Waals surface area contributed by atoms with Crippen LogP contribution in [-0.4, -0.2) is 30.0 Å². The van der Waals surface area contributed by atoms with E-state index in [0.717, 1.165) is 12.8 Å². The Morgan fingerprint density at radius 3 is 2.24 bits per heavy atom. The number of carbonyl (C=O) groups is 1. The lowest BCUT2D eigenvalue weighted by Crippen LogP contribution is -2.45. The van der Waals surface area contributed by atoms with Crippen LogP contribution in [0, 0.1) is 27.9 Å². The highest BCUT2D eigenvalue weighted by Crippen LogP contribution is 2.44. The average molecular weight is 343 g/mol. The molecule has 0 atom stereocenters. The van der Waals surface area contributed by atoms with Gasteiger partial charge in [0.1, 0.15) is 5.69 Å². The third-order valence-electron chi connectivity index (χ3n) is 5.85. The summed E-state index contributed by atoms with van der Waals surface area (Å²) in [6.07, 6.45) is 6.57. The number of nitro groups is 1. The molecule has 134 valence electrons. The lowest BCUT2D eigenvalue weighted by Gasteiger charge is -2.33. The van der Waals surface area contributed by atoms with Crippen molar-refractivity contribution in [2.24, 2.45) is 17.8 Å². The van der Waals surface area contributed by atoms with E-state index in [2.05, 4.69) is 5.32 Å². The van der Waals surface area contributed by atoms with E-state index in [1.54, 1.807) is 18.2 Å². The molecule has 6 heteroatoms. The molecule has 0 unspecified atom stereocenters. The fourth-order valence-electron chi connectivity index (χ4n) is 4.08. The molecule has 6 nitrogen and oxygen atoms in total. The number of para-hydroxylation sites is 2. The number of amides is 1. The number of hydrogen-bond donors (Lipinski definition) is 1. The van der Waals surface area contributed by atoms with Crippen LogP contribution in [0.25, 0.3) is 0 Å². The van der Waals surface area contributed by atoms with Gasteiger partial charge in [-0.1, -0.05) is 12.1 Å². The molecule has 0 bridgehead atoms. The Bertz CT molecular complexity index is 650. The summed E-state index contributed by atoms with van der Waals surface area (Å²) in [5, 5.41) is 14.5. The van der Waals surface area contributed by atoms with Crippen LogP contribution in [0.4, 0.5) is 11.4 Å². The topological polar surface area (TPSA) is 75.5 Å². The van der Waals surface area contributed by atoms with Gasteiger partial charge in [-0.05, 0) is 56.4 Å². The highest BCUT2D eigenvalue weighted by molar-refractivity contribution is 5.79. The van der Waals surface area contributed by atoms with Crippen LogP contribution in [-0.2, 0) is 4.79 Å². The van der Waals surface area contributed by atoms with Crippen molar-refractivity contribution in [3.05, 3.63) is 34.4 Å². The van der Waals surface area contributed by atoms with Crippen molar-refractivity contribution in [1.29, 1.82) is 0 Å². The van der Waals surface area contributed by atoms with E-state index in [1.807, 2.05) is 11.0 Å². The summed E-state index contributed by atoms with van der Waals surface area (Å²) in [5.74, 6) is 1.66. The molecule has 1 aromatic carbocycles. The van der Waals surface area contributed by atoms with Crippen molar-refractivity contribution in [1.82, 2.24) is 5.32 Å². The Hall–Kier alpha value is -2.11. The highest BCUT2D eigenvalue weighted by Gasteiger charge is 2.43. The fourth-order valence-corrected chi connectivity index (χ4v) is 4.08. The molecule has 0 radical (unpaired) electrons. The van der Waals surface area contributed by atoms with Gasteiger partial charge < -0.3 is 10.2 Å². The van der Waals surface area contributed by atoms with Gasteiger partial charge in [0.15, 0.2) is 0 Å². The van der Waals surface area contributed by atoms with E-state index in [4.69, 9.17) is 0 Å². The zero-order chi connectivity index (χ0) is 17.4. The monoisotopic (exact) mass is 343 g/mol. The second-order valence-electron chi connectivity index (χ2n) is 7.72. The number of carbonyl (C=O) groups excluding carboxylic acids is 1. The largest absolute Gasteiger partial charge is 0.366 e. The van der Waals surface area contributed by atoms with Gasteiger partial charge in [0, 0.05) is 31.1 Å². The SMILES string of the molecule is O=C(NC(C1CC1)C1CC1)C1CCN(c2ccccc2[N+](=O)[O-])CC1. The molecule has 1 N–H and O–H groups in total. The summed E-state index contributed by atoms with van der Waals surface area (Å²) in [6.45, 7) is 1.39. The lowest BCUT2D eigenvalue weighted by molar-refractivity contribution is -0.384. The van der Waals surface area contributed by atoms with Gasteiger partial charge in [-0.3, -0.25) is 14.9 Å². The average Bonchev–Trinajstić information content (AvgIpc) is 3.53. The maximum atomic E-state index is 12.7. The first kappa shape index (κ1) is 16.4. The predicted molar refractivity (Wildman–Crippen MR) is 95.4 cm³/mol. The Labute approximate surface area is 147 Å². The van der Waals surface area contributed by atoms with Gasteiger partial charge in [0.05, 0.1) is 4.92 Å². The number of nitrogens with zero attached hydrogens (tertiary/aromatic N) is 2. The maximum Gasteiger partial charge on any atom is 0.292 e. The molecular weight excluding hydrogens is 318 g/mol. The summed E-state index contributed by atoms with van der Waals surface area (Å²) in [6, 6.07) is 7.27. The van der Waals surface area contributed by atoms with Crippen LogP contribution in [0.1, 0.15) is 38.5 Å². The lowest BCUT2D eigenvalue weighted by atomic mass is 9.94. The first-order valence-electron chi connectivity index (χ1n) is 9.42. The summed E-state index contributed by atoms with van der Waals surface area (Å²) in [7, 11) is 0. The molecule has 3 fully saturated rings. The first-order chi connectivity index (χ1) is 12.1. The standard InChI is InChI=1S/C19H25N3O3/c23-19(20-18(13-5-6-13)14-7-8-14)15-9-11-21(12-10-15)16-3-1-2-4-17(16)22(24)25/h1-4,13-15,18H,5-12H2,(H,20,23). The molecule has 25 heavy (non-hydrogen) atoms. The normalized spacial score (nSPS) is 21.4. The summed E-state index contributed by atoms with van der Waals surface area (Å²) < 4.78 is 0.